The van der Waals surface area contributed by atoms with Gasteiger partial charge in [0.25, 0.3) is 5.91 Å². The minimum absolute atomic E-state index is 0.0269. The summed E-state index contributed by atoms with van der Waals surface area (Å²) in [5.74, 6) is 0.0269. The largest absolute Gasteiger partial charge is 0.341 e. The van der Waals surface area contributed by atoms with Gasteiger partial charge in [0.2, 0.25) is 0 Å². The van der Waals surface area contributed by atoms with Crippen LogP contribution in [0.5, 0.6) is 0 Å². The third-order valence-electron chi connectivity index (χ3n) is 2.66. The van der Waals surface area contributed by atoms with E-state index in [4.69, 9.17) is 5.73 Å². The molecule has 0 saturated carbocycles. The first kappa shape index (κ1) is 14.2. The molecule has 0 saturated heterocycles. The number of carbonyl (C=O) groups is 1. The third kappa shape index (κ3) is 4.13. The second kappa shape index (κ2) is 5.65. The fourth-order valence-electron chi connectivity index (χ4n) is 1.59. The molecule has 1 aromatic rings. The van der Waals surface area contributed by atoms with Gasteiger partial charge in [-0.1, -0.05) is 29.8 Å². The van der Waals surface area contributed by atoms with Gasteiger partial charge in [0.1, 0.15) is 0 Å². The van der Waals surface area contributed by atoms with Gasteiger partial charge >= 0.3 is 0 Å². The second-order valence-corrected chi connectivity index (χ2v) is 5.95. The van der Waals surface area contributed by atoms with Gasteiger partial charge in [-0.15, -0.1) is 0 Å². The summed E-state index contributed by atoms with van der Waals surface area (Å²) in [6, 6.07) is 7.38. The fraction of sp³-hybridized carbons (Fsp3) is 0.462. The Kier molecular flexibility index (Phi) is 4.71. The Morgan fingerprint density at radius 1 is 1.35 bits per heavy atom. The first-order chi connectivity index (χ1) is 7.85. The number of hydrogen-bond donors (Lipinski definition) is 1. The number of halogens is 1. The zero-order valence-electron chi connectivity index (χ0n) is 10.5. The van der Waals surface area contributed by atoms with E-state index in [1.54, 1.807) is 4.90 Å². The first-order valence-corrected chi connectivity index (χ1v) is 6.36. The summed E-state index contributed by atoms with van der Waals surface area (Å²) >= 11 is 3.35. The van der Waals surface area contributed by atoms with E-state index < -0.39 is 0 Å². The van der Waals surface area contributed by atoms with Crippen LogP contribution in [0.1, 0.15) is 24.2 Å². The Hall–Kier alpha value is -0.870. The molecule has 0 aliphatic carbocycles. The van der Waals surface area contributed by atoms with E-state index in [1.807, 2.05) is 31.3 Å². The highest BCUT2D eigenvalue weighted by molar-refractivity contribution is 9.10. The van der Waals surface area contributed by atoms with Gasteiger partial charge in [-0.05, 0) is 36.2 Å². The minimum atomic E-state index is -0.0558. The predicted molar refractivity (Wildman–Crippen MR) is 73.9 cm³/mol. The highest BCUT2D eigenvalue weighted by Crippen LogP contribution is 2.17. The molecule has 94 valence electrons. The lowest BCUT2D eigenvalue weighted by atomic mass is 9.93. The maximum atomic E-state index is 12.1. The van der Waals surface area contributed by atoms with Crippen molar-refractivity contribution in [2.45, 2.75) is 13.8 Å². The number of rotatable bonds is 4. The van der Waals surface area contributed by atoms with Crippen LogP contribution in [0, 0.1) is 5.41 Å². The van der Waals surface area contributed by atoms with Crippen LogP contribution >= 0.6 is 15.9 Å². The molecule has 1 rings (SSSR count). The molecule has 0 radical (unpaired) electrons. The van der Waals surface area contributed by atoms with Gasteiger partial charge < -0.3 is 10.6 Å². The van der Waals surface area contributed by atoms with Crippen LogP contribution in [0.4, 0.5) is 0 Å². The van der Waals surface area contributed by atoms with E-state index in [0.29, 0.717) is 18.7 Å². The van der Waals surface area contributed by atoms with Crippen LogP contribution in [0.3, 0.4) is 0 Å². The molecule has 4 heteroatoms. The number of nitrogens with zero attached hydrogens (tertiary/aromatic N) is 1. The molecule has 1 amide bonds. The summed E-state index contributed by atoms with van der Waals surface area (Å²) in [4.78, 5) is 13.8. The smallest absolute Gasteiger partial charge is 0.253 e. The number of amides is 1. The molecule has 0 atom stereocenters. The SMILES string of the molecule is CN(CC(C)(C)CN)C(=O)c1ccc(Br)cc1. The van der Waals surface area contributed by atoms with Crippen LogP contribution in [0.2, 0.25) is 0 Å². The maximum absolute atomic E-state index is 12.1. The average molecular weight is 299 g/mol. The van der Waals surface area contributed by atoms with Crippen LogP contribution in [0.15, 0.2) is 28.7 Å². The van der Waals surface area contributed by atoms with E-state index >= 15 is 0 Å². The number of carbonyl (C=O) groups excluding carboxylic acids is 1. The normalized spacial score (nSPS) is 11.4. The van der Waals surface area contributed by atoms with E-state index in [0.717, 1.165) is 4.47 Å². The molecule has 3 nitrogen and oxygen atoms in total. The summed E-state index contributed by atoms with van der Waals surface area (Å²) in [6.07, 6.45) is 0. The lowest BCUT2D eigenvalue weighted by Crippen LogP contribution is -2.39. The molecule has 0 unspecified atom stereocenters. The van der Waals surface area contributed by atoms with Gasteiger partial charge in [-0.2, -0.15) is 0 Å². The second-order valence-electron chi connectivity index (χ2n) is 5.04. The number of hydrogen-bond acceptors (Lipinski definition) is 2. The van der Waals surface area contributed by atoms with Crippen LogP contribution in [-0.2, 0) is 0 Å². The zero-order valence-corrected chi connectivity index (χ0v) is 12.1. The maximum Gasteiger partial charge on any atom is 0.253 e. The van der Waals surface area contributed by atoms with Gasteiger partial charge in [0, 0.05) is 23.6 Å². The van der Waals surface area contributed by atoms with Crippen molar-refractivity contribution in [1.29, 1.82) is 0 Å². The van der Waals surface area contributed by atoms with E-state index in [1.165, 1.54) is 0 Å². The molecule has 2 N–H and O–H groups in total. The Balaban J connectivity index is 2.73. The Bertz CT molecular complexity index is 387. The zero-order chi connectivity index (χ0) is 13.1. The van der Waals surface area contributed by atoms with Crippen LogP contribution in [0.25, 0.3) is 0 Å². The van der Waals surface area contributed by atoms with Crippen molar-refractivity contribution < 1.29 is 4.79 Å². The van der Waals surface area contributed by atoms with E-state index in [-0.39, 0.29) is 11.3 Å². The van der Waals surface area contributed by atoms with Crippen molar-refractivity contribution in [3.05, 3.63) is 34.3 Å². The average Bonchev–Trinajstić information content (AvgIpc) is 2.28. The Labute approximate surface area is 111 Å². The summed E-state index contributed by atoms with van der Waals surface area (Å²) in [5, 5.41) is 0. The fourth-order valence-corrected chi connectivity index (χ4v) is 1.86. The highest BCUT2D eigenvalue weighted by Gasteiger charge is 2.21. The van der Waals surface area contributed by atoms with E-state index in [2.05, 4.69) is 29.8 Å². The molecule has 0 aliphatic rings. The van der Waals surface area contributed by atoms with Gasteiger partial charge in [0.05, 0.1) is 0 Å². The molecule has 0 bridgehead atoms. The number of nitrogens with two attached hydrogens (primary N) is 1. The topological polar surface area (TPSA) is 46.3 Å². The van der Waals surface area contributed by atoms with E-state index in [9.17, 15) is 4.79 Å². The molecule has 1 aromatic carbocycles. The highest BCUT2D eigenvalue weighted by atomic mass is 79.9. The minimum Gasteiger partial charge on any atom is -0.341 e. The van der Waals surface area contributed by atoms with Crippen molar-refractivity contribution in [2.75, 3.05) is 20.1 Å². The van der Waals surface area contributed by atoms with Crippen LogP contribution < -0.4 is 5.73 Å². The van der Waals surface area contributed by atoms with Crippen molar-refractivity contribution in [3.63, 3.8) is 0 Å². The van der Waals surface area contributed by atoms with Crippen LogP contribution in [-0.4, -0.2) is 30.9 Å². The Morgan fingerprint density at radius 3 is 2.35 bits per heavy atom. The van der Waals surface area contributed by atoms with Crippen molar-refractivity contribution in [2.24, 2.45) is 11.1 Å². The summed E-state index contributed by atoms with van der Waals surface area (Å²) in [5.41, 5.74) is 6.31. The summed E-state index contributed by atoms with van der Waals surface area (Å²) < 4.78 is 0.971. The van der Waals surface area contributed by atoms with Gasteiger partial charge in [0.15, 0.2) is 0 Å². The molecular weight excluding hydrogens is 280 g/mol. The third-order valence-corrected chi connectivity index (χ3v) is 3.18. The van der Waals surface area contributed by atoms with Crippen molar-refractivity contribution in [3.8, 4) is 0 Å². The van der Waals surface area contributed by atoms with Gasteiger partial charge in [-0.25, -0.2) is 0 Å². The lowest BCUT2D eigenvalue weighted by molar-refractivity contribution is 0.0740. The first-order valence-electron chi connectivity index (χ1n) is 5.57. The van der Waals surface area contributed by atoms with Crippen molar-refractivity contribution >= 4 is 21.8 Å². The molecule has 0 heterocycles. The Morgan fingerprint density at radius 2 is 1.88 bits per heavy atom. The lowest BCUT2D eigenvalue weighted by Gasteiger charge is -2.29. The molecule has 0 aliphatic heterocycles. The number of benzene rings is 1. The molecular formula is C13H19BrN2O. The molecule has 17 heavy (non-hydrogen) atoms. The predicted octanol–water partition coefficient (Wildman–Crippen LogP) is 2.51. The monoisotopic (exact) mass is 298 g/mol. The quantitative estimate of drug-likeness (QED) is 0.928. The van der Waals surface area contributed by atoms with Crippen molar-refractivity contribution in [1.82, 2.24) is 4.90 Å². The molecule has 0 fully saturated rings. The standard InChI is InChI=1S/C13H19BrN2O/c1-13(2,8-15)9-16(3)12(17)10-4-6-11(14)7-5-10/h4-7H,8-9,15H2,1-3H3. The van der Waals surface area contributed by atoms with Gasteiger partial charge in [-0.3, -0.25) is 4.79 Å². The summed E-state index contributed by atoms with van der Waals surface area (Å²) in [6.45, 7) is 5.32. The molecule has 0 spiro atoms. The summed E-state index contributed by atoms with van der Waals surface area (Å²) in [7, 11) is 1.81. The molecule has 0 aromatic heterocycles.